The van der Waals surface area contributed by atoms with Crippen molar-refractivity contribution in [3.8, 4) is 11.3 Å². The summed E-state index contributed by atoms with van der Waals surface area (Å²) in [6.07, 6.45) is 3.66. The number of aryl methyl sites for hydroxylation is 2. The average Bonchev–Trinajstić information content (AvgIpc) is 3.02. The molecule has 1 N–H and O–H groups in total. The molecule has 0 radical (unpaired) electrons. The molecule has 0 fully saturated rings. The number of fused-ring (bicyclic) bond motifs is 2. The minimum atomic E-state index is 0.515. The van der Waals surface area contributed by atoms with Crippen LogP contribution >= 0.6 is 11.6 Å². The second kappa shape index (κ2) is 4.33. The van der Waals surface area contributed by atoms with E-state index in [-0.39, 0.29) is 0 Å². The molecule has 0 bridgehead atoms. The number of aromatic amines is 1. The molecule has 0 aliphatic carbocycles. The summed E-state index contributed by atoms with van der Waals surface area (Å²) in [6, 6.07) is 8.33. The van der Waals surface area contributed by atoms with Gasteiger partial charge < -0.3 is 4.57 Å². The van der Waals surface area contributed by atoms with E-state index in [1.54, 1.807) is 0 Å². The molecule has 0 amide bonds. The first-order valence-corrected chi connectivity index (χ1v) is 7.06. The standard InChI is InChI=1S/C16H13ClN4/c1-9-3-13-11(7-19-20-13)4-12(9)14-5-10-6-16(17)18-8-15(10)21(14)2/h3-8H,1-2H3,(H,19,20). The number of pyridine rings is 1. The SMILES string of the molecule is Cc1cc2[nH]ncc2cc1-c1cc2cc(Cl)ncc2n1C. The van der Waals surface area contributed by atoms with E-state index >= 15 is 0 Å². The van der Waals surface area contributed by atoms with E-state index in [2.05, 4.69) is 44.9 Å². The van der Waals surface area contributed by atoms with Crippen molar-refractivity contribution in [2.75, 3.05) is 0 Å². The number of hydrogen-bond acceptors (Lipinski definition) is 2. The fourth-order valence-corrected chi connectivity index (χ4v) is 3.01. The van der Waals surface area contributed by atoms with Crippen molar-refractivity contribution in [1.82, 2.24) is 19.7 Å². The first-order valence-electron chi connectivity index (χ1n) is 6.68. The van der Waals surface area contributed by atoms with E-state index < -0.39 is 0 Å². The molecule has 5 heteroatoms. The van der Waals surface area contributed by atoms with Crippen LogP contribution in [-0.4, -0.2) is 19.7 Å². The average molecular weight is 297 g/mol. The number of benzene rings is 1. The number of nitrogens with one attached hydrogen (secondary N) is 1. The molecule has 0 spiro atoms. The zero-order valence-corrected chi connectivity index (χ0v) is 12.4. The van der Waals surface area contributed by atoms with E-state index in [0.29, 0.717) is 5.15 Å². The lowest BCUT2D eigenvalue weighted by Gasteiger charge is -2.08. The molecule has 4 rings (SSSR count). The fourth-order valence-electron chi connectivity index (χ4n) is 2.84. The van der Waals surface area contributed by atoms with Gasteiger partial charge in [-0.05, 0) is 36.8 Å². The van der Waals surface area contributed by atoms with E-state index in [9.17, 15) is 0 Å². The van der Waals surface area contributed by atoms with Crippen molar-refractivity contribution in [3.63, 3.8) is 0 Å². The van der Waals surface area contributed by atoms with Crippen molar-refractivity contribution in [1.29, 1.82) is 0 Å². The highest BCUT2D eigenvalue weighted by Crippen LogP contribution is 2.32. The minimum absolute atomic E-state index is 0.515. The van der Waals surface area contributed by atoms with Gasteiger partial charge in [-0.25, -0.2) is 4.98 Å². The third-order valence-electron chi connectivity index (χ3n) is 3.96. The van der Waals surface area contributed by atoms with Gasteiger partial charge in [0.2, 0.25) is 0 Å². The molecular formula is C16H13ClN4. The van der Waals surface area contributed by atoms with Gasteiger partial charge in [-0.2, -0.15) is 5.10 Å². The summed E-state index contributed by atoms with van der Waals surface area (Å²) in [7, 11) is 2.05. The van der Waals surface area contributed by atoms with Gasteiger partial charge >= 0.3 is 0 Å². The lowest BCUT2D eigenvalue weighted by Crippen LogP contribution is -1.93. The molecule has 0 saturated carbocycles. The van der Waals surface area contributed by atoms with Crippen LogP contribution < -0.4 is 0 Å². The Hall–Kier alpha value is -2.33. The molecule has 3 heterocycles. The van der Waals surface area contributed by atoms with Crippen LogP contribution in [0.1, 0.15) is 5.56 Å². The molecule has 0 atom stereocenters. The summed E-state index contributed by atoms with van der Waals surface area (Å²) in [5, 5.41) is 9.82. The summed E-state index contributed by atoms with van der Waals surface area (Å²) in [5.41, 5.74) is 5.67. The van der Waals surface area contributed by atoms with Crippen LogP contribution in [0.25, 0.3) is 33.1 Å². The predicted octanol–water partition coefficient (Wildman–Crippen LogP) is 4.08. The second-order valence-electron chi connectivity index (χ2n) is 5.28. The van der Waals surface area contributed by atoms with Crippen LogP contribution in [0.4, 0.5) is 0 Å². The molecule has 104 valence electrons. The Balaban J connectivity index is 2.03. The molecule has 1 aromatic carbocycles. The number of aromatic nitrogens is 4. The number of rotatable bonds is 1. The molecular weight excluding hydrogens is 284 g/mol. The highest BCUT2D eigenvalue weighted by Gasteiger charge is 2.12. The van der Waals surface area contributed by atoms with Gasteiger partial charge in [0.15, 0.2) is 0 Å². The van der Waals surface area contributed by atoms with Crippen molar-refractivity contribution in [3.05, 3.63) is 47.4 Å². The van der Waals surface area contributed by atoms with Gasteiger partial charge in [-0.1, -0.05) is 11.6 Å². The highest BCUT2D eigenvalue weighted by atomic mass is 35.5. The van der Waals surface area contributed by atoms with Gasteiger partial charge in [-0.3, -0.25) is 5.10 Å². The Morgan fingerprint density at radius 3 is 2.81 bits per heavy atom. The Bertz CT molecular complexity index is 981. The normalized spacial score (nSPS) is 11.6. The van der Waals surface area contributed by atoms with Gasteiger partial charge in [0.1, 0.15) is 5.15 Å². The van der Waals surface area contributed by atoms with E-state index in [1.165, 1.54) is 11.1 Å². The lowest BCUT2D eigenvalue weighted by molar-refractivity contribution is 0.973. The van der Waals surface area contributed by atoms with Crippen molar-refractivity contribution < 1.29 is 0 Å². The first kappa shape index (κ1) is 12.4. The topological polar surface area (TPSA) is 46.5 Å². The quantitative estimate of drug-likeness (QED) is 0.538. The zero-order chi connectivity index (χ0) is 14.6. The molecule has 4 nitrogen and oxygen atoms in total. The third kappa shape index (κ3) is 1.83. The van der Waals surface area contributed by atoms with Crippen LogP contribution in [0.15, 0.2) is 36.7 Å². The van der Waals surface area contributed by atoms with Gasteiger partial charge in [0.25, 0.3) is 0 Å². The monoisotopic (exact) mass is 296 g/mol. The van der Waals surface area contributed by atoms with Crippen LogP contribution in [0.2, 0.25) is 5.15 Å². The summed E-state index contributed by atoms with van der Waals surface area (Å²) >= 11 is 5.99. The number of hydrogen-bond donors (Lipinski definition) is 1. The van der Waals surface area contributed by atoms with Crippen LogP contribution in [0.5, 0.6) is 0 Å². The summed E-state index contributed by atoms with van der Waals surface area (Å²) in [6.45, 7) is 2.11. The molecule has 0 unspecified atom stereocenters. The Labute approximate surface area is 126 Å². The lowest BCUT2D eigenvalue weighted by atomic mass is 10.0. The van der Waals surface area contributed by atoms with Crippen molar-refractivity contribution in [2.45, 2.75) is 6.92 Å². The largest absolute Gasteiger partial charge is 0.342 e. The minimum Gasteiger partial charge on any atom is -0.342 e. The molecule has 0 aliphatic rings. The van der Waals surface area contributed by atoms with Gasteiger partial charge in [-0.15, -0.1) is 0 Å². The number of nitrogens with zero attached hydrogens (tertiary/aromatic N) is 3. The Morgan fingerprint density at radius 2 is 1.95 bits per heavy atom. The zero-order valence-electron chi connectivity index (χ0n) is 11.7. The molecule has 4 aromatic rings. The van der Waals surface area contributed by atoms with Crippen LogP contribution in [0.3, 0.4) is 0 Å². The molecule has 0 aliphatic heterocycles. The smallest absolute Gasteiger partial charge is 0.129 e. The van der Waals surface area contributed by atoms with Crippen LogP contribution in [0, 0.1) is 6.92 Å². The second-order valence-corrected chi connectivity index (χ2v) is 5.67. The maximum Gasteiger partial charge on any atom is 0.129 e. The molecule has 3 aromatic heterocycles. The molecule has 0 saturated heterocycles. The Morgan fingerprint density at radius 1 is 1.10 bits per heavy atom. The molecule has 21 heavy (non-hydrogen) atoms. The van der Waals surface area contributed by atoms with Gasteiger partial charge in [0, 0.05) is 29.1 Å². The van der Waals surface area contributed by atoms with Crippen LogP contribution in [-0.2, 0) is 7.05 Å². The van der Waals surface area contributed by atoms with Crippen molar-refractivity contribution >= 4 is 33.4 Å². The first-order chi connectivity index (χ1) is 10.1. The number of halogens is 1. The van der Waals surface area contributed by atoms with E-state index in [1.807, 2.05) is 25.5 Å². The number of H-pyrrole nitrogens is 1. The third-order valence-corrected chi connectivity index (χ3v) is 4.16. The summed E-state index contributed by atoms with van der Waals surface area (Å²) < 4.78 is 2.15. The summed E-state index contributed by atoms with van der Waals surface area (Å²) in [4.78, 5) is 4.17. The van der Waals surface area contributed by atoms with Crippen molar-refractivity contribution in [2.24, 2.45) is 7.05 Å². The van der Waals surface area contributed by atoms with E-state index in [4.69, 9.17) is 11.6 Å². The Kier molecular flexibility index (Phi) is 2.56. The van der Waals surface area contributed by atoms with Gasteiger partial charge in [0.05, 0.1) is 23.4 Å². The maximum absolute atomic E-state index is 5.99. The summed E-state index contributed by atoms with van der Waals surface area (Å²) in [5.74, 6) is 0. The highest BCUT2D eigenvalue weighted by molar-refractivity contribution is 6.30. The fraction of sp³-hybridized carbons (Fsp3) is 0.125. The maximum atomic E-state index is 5.99. The van der Waals surface area contributed by atoms with E-state index in [0.717, 1.165) is 27.5 Å². The predicted molar refractivity (Wildman–Crippen MR) is 85.5 cm³/mol.